The molecular formula is C30H27N3O7S. The van der Waals surface area contributed by atoms with E-state index < -0.39 is 28.4 Å². The van der Waals surface area contributed by atoms with Crippen LogP contribution in [-0.2, 0) is 9.59 Å². The predicted molar refractivity (Wildman–Crippen MR) is 156 cm³/mol. The molecule has 5 rings (SSSR count). The zero-order chi connectivity index (χ0) is 29.1. The molecule has 0 saturated carbocycles. The number of Topliss-reactive ketones (excluding diaryl/α,β-unsaturated/α-hetero) is 1. The number of carbonyl (C=O) groups excluding carboxylic acids is 2. The summed E-state index contributed by atoms with van der Waals surface area (Å²) in [5.41, 5.74) is 0.730. The van der Waals surface area contributed by atoms with Crippen molar-refractivity contribution in [1.82, 2.24) is 4.98 Å². The lowest BCUT2D eigenvalue weighted by Crippen LogP contribution is -2.29. The molecule has 3 aromatic carbocycles. The van der Waals surface area contributed by atoms with E-state index >= 15 is 0 Å². The van der Waals surface area contributed by atoms with Gasteiger partial charge in [0.15, 0.2) is 5.13 Å². The van der Waals surface area contributed by atoms with E-state index in [9.17, 15) is 24.8 Å². The van der Waals surface area contributed by atoms with Crippen LogP contribution in [0.15, 0.2) is 72.3 Å². The Hall–Kier alpha value is -4.77. The Morgan fingerprint density at radius 1 is 1.05 bits per heavy atom. The summed E-state index contributed by atoms with van der Waals surface area (Å²) in [7, 11) is 0. The van der Waals surface area contributed by atoms with E-state index in [0.717, 1.165) is 17.5 Å². The highest BCUT2D eigenvalue weighted by Crippen LogP contribution is 2.45. The highest BCUT2D eigenvalue weighted by molar-refractivity contribution is 7.22. The Balaban J connectivity index is 1.66. The average molecular weight is 574 g/mol. The lowest BCUT2D eigenvalue weighted by molar-refractivity contribution is -0.384. The fourth-order valence-corrected chi connectivity index (χ4v) is 5.65. The first kappa shape index (κ1) is 27.8. The molecule has 1 aliphatic rings. The van der Waals surface area contributed by atoms with Crippen molar-refractivity contribution in [3.63, 3.8) is 0 Å². The standard InChI is InChI=1S/C30H27N3O7S/c1-3-5-14-40-21-11-7-9-19(16-21)27(34)25-26(18-8-6-10-20(15-18)33(37)38)32(29(36)28(25)35)30-31-23-13-12-22(39-4-2)17-24(23)41-30/h6-13,15-17,26,34H,3-5,14H2,1-2H3. The van der Waals surface area contributed by atoms with E-state index in [-0.39, 0.29) is 27.5 Å². The SMILES string of the molecule is CCCCOc1cccc(C(O)=C2C(=O)C(=O)N(c3nc4ccc(OCC)cc4s3)C2c2cccc([N+](=O)[O-])c2)c1. The molecular weight excluding hydrogens is 546 g/mol. The second-order valence-electron chi connectivity index (χ2n) is 9.31. The Kier molecular flexibility index (Phi) is 7.97. The maximum atomic E-state index is 13.6. The molecule has 1 unspecified atom stereocenters. The number of aliphatic hydroxyl groups is 1. The van der Waals surface area contributed by atoms with Gasteiger partial charge in [0.1, 0.15) is 17.3 Å². The number of non-ortho nitro benzene ring substituents is 1. The minimum Gasteiger partial charge on any atom is -0.507 e. The third-order valence-electron chi connectivity index (χ3n) is 6.58. The maximum Gasteiger partial charge on any atom is 0.301 e. The van der Waals surface area contributed by atoms with Gasteiger partial charge in [-0.3, -0.25) is 24.6 Å². The number of nitro benzene ring substituents is 1. The van der Waals surface area contributed by atoms with Crippen molar-refractivity contribution in [3.8, 4) is 11.5 Å². The highest BCUT2D eigenvalue weighted by atomic mass is 32.1. The van der Waals surface area contributed by atoms with Crippen LogP contribution in [0.25, 0.3) is 16.0 Å². The van der Waals surface area contributed by atoms with Gasteiger partial charge in [-0.25, -0.2) is 4.98 Å². The van der Waals surface area contributed by atoms with E-state index in [4.69, 9.17) is 9.47 Å². The molecule has 1 fully saturated rings. The van der Waals surface area contributed by atoms with Crippen LogP contribution in [-0.4, -0.2) is 39.9 Å². The normalized spacial score (nSPS) is 16.3. The minimum absolute atomic E-state index is 0.199. The number of fused-ring (bicyclic) bond motifs is 1. The summed E-state index contributed by atoms with van der Waals surface area (Å²) in [4.78, 5) is 43.9. The lowest BCUT2D eigenvalue weighted by Gasteiger charge is -2.22. The zero-order valence-electron chi connectivity index (χ0n) is 22.4. The van der Waals surface area contributed by atoms with Crippen LogP contribution < -0.4 is 14.4 Å². The fourth-order valence-electron chi connectivity index (χ4n) is 4.63. The first-order chi connectivity index (χ1) is 19.8. The van der Waals surface area contributed by atoms with Crippen LogP contribution in [0.5, 0.6) is 11.5 Å². The number of benzene rings is 3. The quantitative estimate of drug-likeness (QED) is 0.0575. The van der Waals surface area contributed by atoms with Gasteiger partial charge < -0.3 is 14.6 Å². The number of unbranched alkanes of at least 4 members (excludes halogenated alkanes) is 1. The molecule has 11 heteroatoms. The van der Waals surface area contributed by atoms with E-state index in [2.05, 4.69) is 4.98 Å². The second-order valence-corrected chi connectivity index (χ2v) is 10.3. The number of ether oxygens (including phenoxy) is 2. The molecule has 41 heavy (non-hydrogen) atoms. The van der Waals surface area contributed by atoms with E-state index in [1.165, 1.54) is 34.4 Å². The molecule has 1 saturated heterocycles. The number of anilines is 1. The van der Waals surface area contributed by atoms with Gasteiger partial charge >= 0.3 is 5.91 Å². The summed E-state index contributed by atoms with van der Waals surface area (Å²) in [6.07, 6.45) is 1.80. The molecule has 0 bridgehead atoms. The minimum atomic E-state index is -1.16. The van der Waals surface area contributed by atoms with Crippen molar-refractivity contribution in [1.29, 1.82) is 0 Å². The number of hydrogen-bond acceptors (Lipinski definition) is 9. The Labute approximate surface area is 239 Å². The van der Waals surface area contributed by atoms with Gasteiger partial charge in [-0.1, -0.05) is 48.9 Å². The molecule has 1 aromatic heterocycles. The number of rotatable bonds is 10. The summed E-state index contributed by atoms with van der Waals surface area (Å²) in [5.74, 6) is -1.11. The van der Waals surface area contributed by atoms with Gasteiger partial charge in [0.2, 0.25) is 0 Å². The maximum absolute atomic E-state index is 13.6. The molecule has 2 heterocycles. The van der Waals surface area contributed by atoms with Crippen molar-refractivity contribution in [3.05, 3.63) is 93.5 Å². The first-order valence-corrected chi connectivity index (χ1v) is 14.0. The van der Waals surface area contributed by atoms with Gasteiger partial charge in [0.25, 0.3) is 11.5 Å². The number of carbonyl (C=O) groups is 2. The number of hydrogen-bond donors (Lipinski definition) is 1. The van der Waals surface area contributed by atoms with Crippen LogP contribution in [0, 0.1) is 10.1 Å². The molecule has 1 N–H and O–H groups in total. The highest BCUT2D eigenvalue weighted by Gasteiger charge is 2.48. The van der Waals surface area contributed by atoms with Gasteiger partial charge in [0, 0.05) is 17.7 Å². The lowest BCUT2D eigenvalue weighted by atomic mass is 9.95. The third kappa shape index (κ3) is 5.48. The van der Waals surface area contributed by atoms with Gasteiger partial charge in [-0.2, -0.15) is 0 Å². The average Bonchev–Trinajstić information content (AvgIpc) is 3.50. The summed E-state index contributed by atoms with van der Waals surface area (Å²) in [6, 6.07) is 16.4. The molecule has 1 atom stereocenters. The molecule has 0 aliphatic carbocycles. The van der Waals surface area contributed by atoms with E-state index in [1.54, 1.807) is 48.5 Å². The molecule has 0 spiro atoms. The van der Waals surface area contributed by atoms with Crippen molar-refractivity contribution < 1.29 is 29.1 Å². The predicted octanol–water partition coefficient (Wildman–Crippen LogP) is 6.41. The zero-order valence-corrected chi connectivity index (χ0v) is 23.2. The van der Waals surface area contributed by atoms with E-state index in [0.29, 0.717) is 30.2 Å². The fraction of sp³-hybridized carbons (Fsp3) is 0.233. The van der Waals surface area contributed by atoms with Crippen LogP contribution in [0.1, 0.15) is 43.9 Å². The second kappa shape index (κ2) is 11.8. The smallest absolute Gasteiger partial charge is 0.301 e. The molecule has 1 amide bonds. The molecule has 0 radical (unpaired) electrons. The monoisotopic (exact) mass is 573 g/mol. The van der Waals surface area contributed by atoms with E-state index in [1.807, 2.05) is 13.8 Å². The number of aliphatic hydroxyl groups excluding tert-OH is 1. The largest absolute Gasteiger partial charge is 0.507 e. The molecule has 1 aliphatic heterocycles. The number of aromatic nitrogens is 1. The number of nitrogens with zero attached hydrogens (tertiary/aromatic N) is 3. The van der Waals surface area contributed by atoms with Crippen LogP contribution in [0.3, 0.4) is 0 Å². The molecule has 210 valence electrons. The van der Waals surface area contributed by atoms with Crippen LogP contribution in [0.4, 0.5) is 10.8 Å². The van der Waals surface area contributed by atoms with Gasteiger partial charge in [-0.15, -0.1) is 0 Å². The van der Waals surface area contributed by atoms with Crippen molar-refractivity contribution in [2.75, 3.05) is 18.1 Å². The summed E-state index contributed by atoms with van der Waals surface area (Å²) in [5, 5.41) is 23.3. The van der Waals surface area contributed by atoms with Gasteiger partial charge in [0.05, 0.1) is 40.0 Å². The Morgan fingerprint density at radius 2 is 1.83 bits per heavy atom. The summed E-state index contributed by atoms with van der Waals surface area (Å²) in [6.45, 7) is 4.88. The summed E-state index contributed by atoms with van der Waals surface area (Å²) >= 11 is 1.18. The summed E-state index contributed by atoms with van der Waals surface area (Å²) < 4.78 is 12.1. The topological polar surface area (TPSA) is 132 Å². The van der Waals surface area contributed by atoms with Gasteiger partial charge in [-0.05, 0) is 49.2 Å². The first-order valence-electron chi connectivity index (χ1n) is 13.1. The van der Waals surface area contributed by atoms with Crippen molar-refractivity contribution in [2.45, 2.75) is 32.7 Å². The number of ketones is 1. The van der Waals surface area contributed by atoms with Crippen LogP contribution >= 0.6 is 11.3 Å². The number of amides is 1. The number of thiazole rings is 1. The Bertz CT molecular complexity index is 1680. The third-order valence-corrected chi connectivity index (χ3v) is 7.60. The number of nitro groups is 1. The molecule has 4 aromatic rings. The van der Waals surface area contributed by atoms with Crippen LogP contribution in [0.2, 0.25) is 0 Å². The Morgan fingerprint density at radius 3 is 2.59 bits per heavy atom. The molecule has 10 nitrogen and oxygen atoms in total. The van der Waals surface area contributed by atoms with Crippen molar-refractivity contribution >= 4 is 49.8 Å². The van der Waals surface area contributed by atoms with Crippen molar-refractivity contribution in [2.24, 2.45) is 0 Å².